The second-order valence-corrected chi connectivity index (χ2v) is 5.95. The topological polar surface area (TPSA) is 12.0 Å². The maximum Gasteiger partial charge on any atom is 0.0170 e. The highest BCUT2D eigenvalue weighted by molar-refractivity contribution is 5.57. The summed E-state index contributed by atoms with van der Waals surface area (Å²) in [5.41, 5.74) is 5.54. The first-order valence-electron chi connectivity index (χ1n) is 6.27. The van der Waals surface area contributed by atoms with E-state index in [2.05, 4.69) is 71.1 Å². The molecule has 0 saturated carbocycles. The number of benzene rings is 1. The molecule has 1 aromatic rings. The van der Waals surface area contributed by atoms with Gasteiger partial charge in [0, 0.05) is 12.1 Å². The molecular formula is C16H25N. The van der Waals surface area contributed by atoms with Crippen molar-refractivity contribution in [2.45, 2.75) is 47.1 Å². The van der Waals surface area contributed by atoms with Gasteiger partial charge < -0.3 is 5.32 Å². The summed E-state index contributed by atoms with van der Waals surface area (Å²) in [5, 5.41) is 3.50. The first kappa shape index (κ1) is 14.0. The maximum atomic E-state index is 3.50. The van der Waals surface area contributed by atoms with Gasteiger partial charge in [-0.25, -0.2) is 0 Å². The first-order chi connectivity index (χ1) is 7.78. The number of rotatable bonds is 3. The van der Waals surface area contributed by atoms with Crippen molar-refractivity contribution in [3.8, 4) is 0 Å². The van der Waals surface area contributed by atoms with E-state index < -0.39 is 0 Å². The molecule has 0 fully saturated rings. The Morgan fingerprint density at radius 3 is 2.41 bits per heavy atom. The van der Waals surface area contributed by atoms with Crippen LogP contribution in [0.25, 0.3) is 6.08 Å². The van der Waals surface area contributed by atoms with Crippen LogP contribution in [0.15, 0.2) is 23.8 Å². The van der Waals surface area contributed by atoms with Crippen LogP contribution in [-0.4, -0.2) is 12.1 Å². The van der Waals surface area contributed by atoms with Gasteiger partial charge in [-0.3, -0.25) is 0 Å². The van der Waals surface area contributed by atoms with Crippen LogP contribution < -0.4 is 5.32 Å². The van der Waals surface area contributed by atoms with Crippen LogP contribution in [0.2, 0.25) is 0 Å². The van der Waals surface area contributed by atoms with E-state index >= 15 is 0 Å². The fourth-order valence-electron chi connectivity index (χ4n) is 1.71. The van der Waals surface area contributed by atoms with Gasteiger partial charge in [-0.1, -0.05) is 35.4 Å². The van der Waals surface area contributed by atoms with Gasteiger partial charge in [0.05, 0.1) is 0 Å². The third-order valence-electron chi connectivity index (χ3n) is 2.72. The zero-order valence-corrected chi connectivity index (χ0v) is 12.0. The van der Waals surface area contributed by atoms with E-state index in [-0.39, 0.29) is 5.54 Å². The Bertz CT molecular complexity index is 408. The van der Waals surface area contributed by atoms with Gasteiger partial charge in [0.1, 0.15) is 0 Å². The number of hydrogen-bond acceptors (Lipinski definition) is 1. The SMILES string of the molecule is CC(=Cc1ccc(C)cc1C)CNC(C)(C)C. The minimum absolute atomic E-state index is 0.178. The Morgan fingerprint density at radius 1 is 1.24 bits per heavy atom. The molecule has 0 aromatic heterocycles. The minimum atomic E-state index is 0.178. The van der Waals surface area contributed by atoms with Crippen LogP contribution in [0.1, 0.15) is 44.4 Å². The van der Waals surface area contributed by atoms with Crippen LogP contribution in [0.5, 0.6) is 0 Å². The Balaban J connectivity index is 2.74. The third kappa shape index (κ3) is 5.18. The van der Waals surface area contributed by atoms with Crippen molar-refractivity contribution in [1.29, 1.82) is 0 Å². The maximum absolute atomic E-state index is 3.50. The van der Waals surface area contributed by atoms with E-state index in [1.54, 1.807) is 0 Å². The molecule has 0 amide bonds. The Kier molecular flexibility index (Phi) is 4.53. The van der Waals surface area contributed by atoms with Crippen LogP contribution in [0.4, 0.5) is 0 Å². The molecule has 0 atom stereocenters. The number of nitrogens with one attached hydrogen (secondary N) is 1. The molecule has 0 aliphatic carbocycles. The molecule has 0 saturated heterocycles. The lowest BCUT2D eigenvalue weighted by Crippen LogP contribution is -2.36. The molecule has 0 aliphatic heterocycles. The minimum Gasteiger partial charge on any atom is -0.308 e. The molecule has 1 rings (SSSR count). The predicted octanol–water partition coefficient (Wildman–Crippen LogP) is 4.09. The van der Waals surface area contributed by atoms with Crippen LogP contribution in [0, 0.1) is 13.8 Å². The molecule has 0 spiro atoms. The molecule has 1 nitrogen and oxygen atoms in total. The highest BCUT2D eigenvalue weighted by atomic mass is 14.9. The van der Waals surface area contributed by atoms with Crippen molar-refractivity contribution < 1.29 is 0 Å². The van der Waals surface area contributed by atoms with Gasteiger partial charge in [-0.2, -0.15) is 0 Å². The van der Waals surface area contributed by atoms with Gasteiger partial charge in [0.25, 0.3) is 0 Å². The summed E-state index contributed by atoms with van der Waals surface area (Å²) in [4.78, 5) is 0. The summed E-state index contributed by atoms with van der Waals surface area (Å²) in [7, 11) is 0. The fraction of sp³-hybridized carbons (Fsp3) is 0.500. The van der Waals surface area contributed by atoms with E-state index in [1.165, 1.54) is 22.3 Å². The van der Waals surface area contributed by atoms with E-state index in [0.29, 0.717) is 0 Å². The van der Waals surface area contributed by atoms with Crippen molar-refractivity contribution in [3.05, 3.63) is 40.5 Å². The van der Waals surface area contributed by atoms with Crippen molar-refractivity contribution in [3.63, 3.8) is 0 Å². The van der Waals surface area contributed by atoms with Crippen molar-refractivity contribution in [2.24, 2.45) is 0 Å². The lowest BCUT2D eigenvalue weighted by molar-refractivity contribution is 0.445. The molecule has 1 N–H and O–H groups in total. The third-order valence-corrected chi connectivity index (χ3v) is 2.72. The lowest BCUT2D eigenvalue weighted by Gasteiger charge is -2.20. The normalized spacial score (nSPS) is 12.9. The summed E-state index contributed by atoms with van der Waals surface area (Å²) in [6, 6.07) is 6.60. The summed E-state index contributed by atoms with van der Waals surface area (Å²) in [6.07, 6.45) is 2.27. The largest absolute Gasteiger partial charge is 0.308 e. The van der Waals surface area contributed by atoms with E-state index in [9.17, 15) is 0 Å². The molecule has 0 heterocycles. The smallest absolute Gasteiger partial charge is 0.0170 e. The van der Waals surface area contributed by atoms with Crippen molar-refractivity contribution in [1.82, 2.24) is 5.32 Å². The van der Waals surface area contributed by atoms with Gasteiger partial charge >= 0.3 is 0 Å². The molecule has 0 bridgehead atoms. The highest BCUT2D eigenvalue weighted by Gasteiger charge is 2.07. The zero-order valence-electron chi connectivity index (χ0n) is 12.0. The average molecular weight is 231 g/mol. The van der Waals surface area contributed by atoms with Gasteiger partial charge in [0.15, 0.2) is 0 Å². The van der Waals surface area contributed by atoms with E-state index in [1.807, 2.05) is 0 Å². The number of hydrogen-bond donors (Lipinski definition) is 1. The van der Waals surface area contributed by atoms with E-state index in [0.717, 1.165) is 6.54 Å². The molecule has 0 unspecified atom stereocenters. The lowest BCUT2D eigenvalue weighted by atomic mass is 10.0. The predicted molar refractivity (Wildman–Crippen MR) is 77.3 cm³/mol. The zero-order chi connectivity index (χ0) is 13.1. The summed E-state index contributed by atoms with van der Waals surface area (Å²) in [5.74, 6) is 0. The molecule has 1 heteroatoms. The molecule has 0 radical (unpaired) electrons. The highest BCUT2D eigenvalue weighted by Crippen LogP contribution is 2.14. The summed E-state index contributed by atoms with van der Waals surface area (Å²) in [6.45, 7) is 14.0. The van der Waals surface area contributed by atoms with Gasteiger partial charge in [-0.05, 0) is 52.7 Å². The standard InChI is InChI=1S/C16H25N/c1-12-7-8-15(14(3)9-12)10-13(2)11-17-16(4,5)6/h7-10,17H,11H2,1-6H3. The number of aryl methyl sites for hydroxylation is 2. The van der Waals surface area contributed by atoms with E-state index in [4.69, 9.17) is 0 Å². The summed E-state index contributed by atoms with van der Waals surface area (Å²) < 4.78 is 0. The molecule has 0 aliphatic rings. The Morgan fingerprint density at radius 2 is 1.88 bits per heavy atom. The second kappa shape index (κ2) is 5.50. The van der Waals surface area contributed by atoms with Crippen LogP contribution in [-0.2, 0) is 0 Å². The molecule has 17 heavy (non-hydrogen) atoms. The monoisotopic (exact) mass is 231 g/mol. The fourth-order valence-corrected chi connectivity index (χ4v) is 1.71. The molecule has 1 aromatic carbocycles. The van der Waals surface area contributed by atoms with Gasteiger partial charge in [0.2, 0.25) is 0 Å². The van der Waals surface area contributed by atoms with Crippen LogP contribution in [0.3, 0.4) is 0 Å². The Labute approximate surface area is 106 Å². The quantitative estimate of drug-likeness (QED) is 0.826. The van der Waals surface area contributed by atoms with Crippen LogP contribution >= 0.6 is 0 Å². The molecular weight excluding hydrogens is 206 g/mol. The Hall–Kier alpha value is -1.08. The average Bonchev–Trinajstić information content (AvgIpc) is 2.18. The first-order valence-corrected chi connectivity index (χ1v) is 6.27. The van der Waals surface area contributed by atoms with Crippen molar-refractivity contribution in [2.75, 3.05) is 6.54 Å². The van der Waals surface area contributed by atoms with Crippen molar-refractivity contribution >= 4 is 6.08 Å². The van der Waals surface area contributed by atoms with Gasteiger partial charge in [-0.15, -0.1) is 0 Å². The summed E-state index contributed by atoms with van der Waals surface area (Å²) >= 11 is 0. The molecule has 94 valence electrons. The second-order valence-electron chi connectivity index (χ2n) is 5.95.